The van der Waals surface area contributed by atoms with Crippen molar-refractivity contribution in [3.8, 4) is 0 Å². The number of aromatic nitrogens is 1. The number of rotatable bonds is 2. The molecule has 0 aliphatic rings. The number of benzene rings is 1. The van der Waals surface area contributed by atoms with Gasteiger partial charge in [-0.2, -0.15) is 0 Å². The average Bonchev–Trinajstić information content (AvgIpc) is 2.98. The molecule has 0 aliphatic heterocycles. The van der Waals surface area contributed by atoms with Crippen molar-refractivity contribution in [3.05, 3.63) is 47.9 Å². The molecule has 0 spiro atoms. The zero-order valence-electron chi connectivity index (χ0n) is 9.64. The highest BCUT2D eigenvalue weighted by Gasteiger charge is 2.17. The third-order valence-electron chi connectivity index (χ3n) is 2.73. The summed E-state index contributed by atoms with van der Waals surface area (Å²) in [5.74, 6) is 0.316. The molecule has 0 unspecified atom stereocenters. The summed E-state index contributed by atoms with van der Waals surface area (Å²) >= 11 is 0. The van der Waals surface area contributed by atoms with E-state index in [2.05, 4.69) is 15.0 Å². The first-order valence-corrected chi connectivity index (χ1v) is 5.45. The monoisotopic (exact) mass is 242 g/mol. The highest BCUT2D eigenvalue weighted by atomic mass is 16.5. The van der Waals surface area contributed by atoms with Crippen molar-refractivity contribution in [3.63, 3.8) is 0 Å². The summed E-state index contributed by atoms with van der Waals surface area (Å²) in [6.45, 7) is 1.85. The van der Waals surface area contributed by atoms with Gasteiger partial charge in [0, 0.05) is 17.0 Å². The van der Waals surface area contributed by atoms with Crippen LogP contribution < -0.4 is 5.32 Å². The molecule has 5 nitrogen and oxygen atoms in total. The van der Waals surface area contributed by atoms with E-state index >= 15 is 0 Å². The second-order valence-corrected chi connectivity index (χ2v) is 3.89. The summed E-state index contributed by atoms with van der Waals surface area (Å²) in [6.07, 6.45) is 1.39. The first-order chi connectivity index (χ1) is 8.75. The molecule has 1 amide bonds. The molecule has 3 rings (SSSR count). The number of para-hydroxylation sites is 1. The Balaban J connectivity index is 1.99. The average molecular weight is 242 g/mol. The Morgan fingerprint density at radius 3 is 2.83 bits per heavy atom. The number of carbonyl (C=O) groups is 1. The maximum absolute atomic E-state index is 12.0. The standard InChI is InChI=1S/C13H10N2O3/c1-8-9-4-2-3-5-10(9)18-12(8)13(16)14-11-6-7-17-15-11/h2-7H,1H3,(H,14,15,16). The summed E-state index contributed by atoms with van der Waals surface area (Å²) in [4.78, 5) is 12.0. The summed E-state index contributed by atoms with van der Waals surface area (Å²) in [5.41, 5.74) is 1.51. The van der Waals surface area contributed by atoms with E-state index < -0.39 is 0 Å². The van der Waals surface area contributed by atoms with Crippen molar-refractivity contribution in [2.45, 2.75) is 6.92 Å². The molecule has 2 heterocycles. The van der Waals surface area contributed by atoms with Gasteiger partial charge in [0.25, 0.3) is 5.91 Å². The highest BCUT2D eigenvalue weighted by Crippen LogP contribution is 2.25. The molecular formula is C13H10N2O3. The lowest BCUT2D eigenvalue weighted by Crippen LogP contribution is -2.12. The molecule has 0 fully saturated rings. The van der Waals surface area contributed by atoms with Crippen LogP contribution in [0.2, 0.25) is 0 Å². The van der Waals surface area contributed by atoms with E-state index in [4.69, 9.17) is 4.42 Å². The van der Waals surface area contributed by atoms with E-state index in [-0.39, 0.29) is 5.91 Å². The van der Waals surface area contributed by atoms with Gasteiger partial charge in [0.1, 0.15) is 11.8 Å². The third kappa shape index (κ3) is 1.66. The molecule has 0 radical (unpaired) electrons. The molecule has 0 saturated carbocycles. The molecule has 2 aromatic heterocycles. The van der Waals surface area contributed by atoms with E-state index in [0.29, 0.717) is 17.2 Å². The van der Waals surface area contributed by atoms with Crippen LogP contribution in [0.1, 0.15) is 16.1 Å². The Morgan fingerprint density at radius 2 is 2.11 bits per heavy atom. The van der Waals surface area contributed by atoms with Gasteiger partial charge in [-0.15, -0.1) is 0 Å². The van der Waals surface area contributed by atoms with Crippen molar-refractivity contribution in [1.29, 1.82) is 0 Å². The first-order valence-electron chi connectivity index (χ1n) is 5.45. The zero-order chi connectivity index (χ0) is 12.5. The van der Waals surface area contributed by atoms with Crippen LogP contribution >= 0.6 is 0 Å². The minimum atomic E-state index is -0.336. The van der Waals surface area contributed by atoms with Crippen LogP contribution in [0.3, 0.4) is 0 Å². The Hall–Kier alpha value is -2.56. The van der Waals surface area contributed by atoms with Crippen LogP contribution in [0.5, 0.6) is 0 Å². The Morgan fingerprint density at radius 1 is 1.28 bits per heavy atom. The number of fused-ring (bicyclic) bond motifs is 1. The molecule has 0 aliphatic carbocycles. The molecule has 0 atom stereocenters. The smallest absolute Gasteiger partial charge is 0.292 e. The highest BCUT2D eigenvalue weighted by molar-refractivity contribution is 6.05. The lowest BCUT2D eigenvalue weighted by Gasteiger charge is -1.98. The largest absolute Gasteiger partial charge is 0.451 e. The van der Waals surface area contributed by atoms with Gasteiger partial charge < -0.3 is 14.3 Å². The molecule has 3 aromatic rings. The molecule has 18 heavy (non-hydrogen) atoms. The van der Waals surface area contributed by atoms with E-state index in [0.717, 1.165) is 10.9 Å². The lowest BCUT2D eigenvalue weighted by atomic mass is 10.1. The fraction of sp³-hybridized carbons (Fsp3) is 0.0769. The maximum atomic E-state index is 12.0. The number of carbonyl (C=O) groups excluding carboxylic acids is 1. The number of furan rings is 1. The van der Waals surface area contributed by atoms with Gasteiger partial charge in [-0.25, -0.2) is 0 Å². The number of anilines is 1. The van der Waals surface area contributed by atoms with Gasteiger partial charge in [-0.1, -0.05) is 23.4 Å². The van der Waals surface area contributed by atoms with Gasteiger partial charge in [-0.3, -0.25) is 4.79 Å². The van der Waals surface area contributed by atoms with E-state index in [9.17, 15) is 4.79 Å². The quantitative estimate of drug-likeness (QED) is 0.750. The van der Waals surface area contributed by atoms with Crippen molar-refractivity contribution >= 4 is 22.7 Å². The van der Waals surface area contributed by atoms with Crippen LogP contribution in [0, 0.1) is 6.92 Å². The minimum absolute atomic E-state index is 0.291. The molecular weight excluding hydrogens is 232 g/mol. The number of amides is 1. The summed E-state index contributed by atoms with van der Waals surface area (Å²) in [5, 5.41) is 7.15. The van der Waals surface area contributed by atoms with Crippen molar-refractivity contribution in [1.82, 2.24) is 5.16 Å². The molecule has 1 aromatic carbocycles. The number of nitrogens with zero attached hydrogens (tertiary/aromatic N) is 1. The number of aryl methyl sites for hydroxylation is 1. The van der Waals surface area contributed by atoms with Gasteiger partial charge in [0.2, 0.25) is 0 Å². The Bertz CT molecular complexity index is 698. The lowest BCUT2D eigenvalue weighted by molar-refractivity contribution is 0.0997. The number of nitrogens with one attached hydrogen (secondary N) is 1. The van der Waals surface area contributed by atoms with Crippen molar-refractivity contribution in [2.75, 3.05) is 5.32 Å². The summed E-state index contributed by atoms with van der Waals surface area (Å²) in [6, 6.07) is 9.08. The zero-order valence-corrected chi connectivity index (χ0v) is 9.64. The summed E-state index contributed by atoms with van der Waals surface area (Å²) in [7, 11) is 0. The normalized spacial score (nSPS) is 10.7. The third-order valence-corrected chi connectivity index (χ3v) is 2.73. The van der Waals surface area contributed by atoms with Gasteiger partial charge in [0.15, 0.2) is 11.6 Å². The molecule has 0 saturated heterocycles. The van der Waals surface area contributed by atoms with Crippen molar-refractivity contribution < 1.29 is 13.7 Å². The van der Waals surface area contributed by atoms with Crippen molar-refractivity contribution in [2.24, 2.45) is 0 Å². The number of hydrogen-bond donors (Lipinski definition) is 1. The molecule has 90 valence electrons. The van der Waals surface area contributed by atoms with Gasteiger partial charge in [0.05, 0.1) is 0 Å². The van der Waals surface area contributed by atoms with Crippen LogP contribution in [0.15, 0.2) is 45.5 Å². The van der Waals surface area contributed by atoms with Gasteiger partial charge >= 0.3 is 0 Å². The number of hydrogen-bond acceptors (Lipinski definition) is 4. The fourth-order valence-corrected chi connectivity index (χ4v) is 1.84. The Labute approximate surface area is 102 Å². The van der Waals surface area contributed by atoms with E-state index in [1.165, 1.54) is 6.26 Å². The Kier molecular flexibility index (Phi) is 2.37. The first kappa shape index (κ1) is 10.6. The second-order valence-electron chi connectivity index (χ2n) is 3.89. The van der Waals surface area contributed by atoms with E-state index in [1.54, 1.807) is 6.07 Å². The fourth-order valence-electron chi connectivity index (χ4n) is 1.84. The van der Waals surface area contributed by atoms with Crippen LogP contribution in [-0.4, -0.2) is 11.1 Å². The summed E-state index contributed by atoms with van der Waals surface area (Å²) < 4.78 is 10.2. The van der Waals surface area contributed by atoms with E-state index in [1.807, 2.05) is 31.2 Å². The topological polar surface area (TPSA) is 68.3 Å². The maximum Gasteiger partial charge on any atom is 0.292 e. The van der Waals surface area contributed by atoms with Crippen LogP contribution in [0.25, 0.3) is 11.0 Å². The second kappa shape index (κ2) is 4.03. The van der Waals surface area contributed by atoms with Gasteiger partial charge in [-0.05, 0) is 13.0 Å². The van der Waals surface area contributed by atoms with Crippen LogP contribution in [-0.2, 0) is 0 Å². The van der Waals surface area contributed by atoms with Crippen LogP contribution in [0.4, 0.5) is 5.82 Å². The SMILES string of the molecule is Cc1c(C(=O)Nc2ccon2)oc2ccccc12. The molecule has 1 N–H and O–H groups in total. The molecule has 5 heteroatoms. The predicted octanol–water partition coefficient (Wildman–Crippen LogP) is 2.98. The minimum Gasteiger partial charge on any atom is -0.451 e. The predicted molar refractivity (Wildman–Crippen MR) is 65.4 cm³/mol. The molecule has 0 bridgehead atoms.